The lowest BCUT2D eigenvalue weighted by Gasteiger charge is -2.09. The molecule has 2 aromatic carbocycles. The van der Waals surface area contributed by atoms with Gasteiger partial charge in [-0.3, -0.25) is 4.79 Å². The predicted octanol–water partition coefficient (Wildman–Crippen LogP) is 4.38. The number of amides is 1. The Balaban J connectivity index is 1.55. The van der Waals surface area contributed by atoms with Crippen molar-refractivity contribution in [1.82, 2.24) is 10.2 Å². The zero-order valence-electron chi connectivity index (χ0n) is 16.2. The van der Waals surface area contributed by atoms with E-state index in [-0.39, 0.29) is 22.6 Å². The third kappa shape index (κ3) is 6.28. The van der Waals surface area contributed by atoms with Gasteiger partial charge in [0.2, 0.25) is 11.8 Å². The molecule has 12 heteroatoms. The van der Waals surface area contributed by atoms with Crippen molar-refractivity contribution < 1.29 is 36.6 Å². The number of hydrogen-bond donors (Lipinski definition) is 1. The number of anilines is 1. The molecule has 1 heterocycles. The van der Waals surface area contributed by atoms with E-state index in [1.165, 1.54) is 26.4 Å². The van der Waals surface area contributed by atoms with Crippen LogP contribution in [0.1, 0.15) is 0 Å². The summed E-state index contributed by atoms with van der Waals surface area (Å²) in [7, 11) is 3.03. The standard InChI is InChI=1S/C19H16F3N3O5S/c1-27-14-8-3-11(9-15(14)28-2)17-24-25-18(29-17)31-10-16(26)23-12-4-6-13(7-5-12)30-19(20,21)22/h3-9H,10H2,1-2H3,(H,23,26). The molecule has 1 aromatic heterocycles. The second kappa shape index (κ2) is 9.60. The number of nitrogens with one attached hydrogen (secondary N) is 1. The van der Waals surface area contributed by atoms with Crippen LogP contribution in [0.15, 0.2) is 52.1 Å². The first-order valence-electron chi connectivity index (χ1n) is 8.62. The number of rotatable bonds is 8. The summed E-state index contributed by atoms with van der Waals surface area (Å²) in [4.78, 5) is 12.1. The van der Waals surface area contributed by atoms with Crippen molar-refractivity contribution >= 4 is 23.4 Å². The van der Waals surface area contributed by atoms with Crippen LogP contribution in [0.25, 0.3) is 11.5 Å². The average molecular weight is 455 g/mol. The first-order valence-corrected chi connectivity index (χ1v) is 9.60. The number of alkyl halides is 3. The molecule has 3 aromatic rings. The molecule has 3 rings (SSSR count). The Bertz CT molecular complexity index is 1040. The van der Waals surface area contributed by atoms with E-state index >= 15 is 0 Å². The summed E-state index contributed by atoms with van der Waals surface area (Å²) in [5.74, 6) is 0.459. The Morgan fingerprint density at radius 3 is 2.42 bits per heavy atom. The lowest BCUT2D eigenvalue weighted by atomic mass is 10.2. The molecule has 0 bridgehead atoms. The molecule has 164 valence electrons. The first kappa shape index (κ1) is 22.3. The van der Waals surface area contributed by atoms with Crippen molar-refractivity contribution in [3.8, 4) is 28.7 Å². The van der Waals surface area contributed by atoms with E-state index in [9.17, 15) is 18.0 Å². The SMILES string of the molecule is COc1ccc(-c2nnc(SCC(=O)Nc3ccc(OC(F)(F)F)cc3)o2)cc1OC. The summed E-state index contributed by atoms with van der Waals surface area (Å²) in [6.45, 7) is 0. The van der Waals surface area contributed by atoms with Crippen molar-refractivity contribution in [2.24, 2.45) is 0 Å². The topological polar surface area (TPSA) is 95.7 Å². The monoisotopic (exact) mass is 455 g/mol. The van der Waals surface area contributed by atoms with Crippen LogP contribution in [0.3, 0.4) is 0 Å². The Kier molecular flexibility index (Phi) is 6.90. The quantitative estimate of drug-likeness (QED) is 0.500. The number of carbonyl (C=O) groups excluding carboxylic acids is 1. The second-order valence-electron chi connectivity index (χ2n) is 5.85. The molecule has 0 unspecified atom stereocenters. The number of halogens is 3. The largest absolute Gasteiger partial charge is 0.573 e. The fourth-order valence-corrected chi connectivity index (χ4v) is 2.98. The highest BCUT2D eigenvalue weighted by Crippen LogP contribution is 2.32. The summed E-state index contributed by atoms with van der Waals surface area (Å²) in [6.07, 6.45) is -4.78. The number of aromatic nitrogens is 2. The minimum Gasteiger partial charge on any atom is -0.493 e. The van der Waals surface area contributed by atoms with E-state index < -0.39 is 12.3 Å². The molecule has 0 atom stereocenters. The van der Waals surface area contributed by atoms with Crippen molar-refractivity contribution in [2.45, 2.75) is 11.6 Å². The van der Waals surface area contributed by atoms with Crippen LogP contribution in [0.4, 0.5) is 18.9 Å². The molecule has 1 N–H and O–H groups in total. The number of benzene rings is 2. The number of methoxy groups -OCH3 is 2. The number of carbonyl (C=O) groups is 1. The van der Waals surface area contributed by atoms with Gasteiger partial charge in [0.05, 0.1) is 20.0 Å². The van der Waals surface area contributed by atoms with Gasteiger partial charge in [-0.2, -0.15) is 0 Å². The highest BCUT2D eigenvalue weighted by atomic mass is 32.2. The molecule has 0 radical (unpaired) electrons. The van der Waals surface area contributed by atoms with Crippen molar-refractivity contribution in [3.05, 3.63) is 42.5 Å². The summed E-state index contributed by atoms with van der Waals surface area (Å²) < 4.78 is 56.2. The zero-order chi connectivity index (χ0) is 22.4. The predicted molar refractivity (Wildman–Crippen MR) is 105 cm³/mol. The third-order valence-corrected chi connectivity index (χ3v) is 4.55. The molecule has 31 heavy (non-hydrogen) atoms. The highest BCUT2D eigenvalue weighted by molar-refractivity contribution is 7.99. The number of hydrogen-bond acceptors (Lipinski definition) is 8. The van der Waals surface area contributed by atoms with E-state index in [1.54, 1.807) is 18.2 Å². The van der Waals surface area contributed by atoms with Gasteiger partial charge in [0.15, 0.2) is 11.5 Å². The van der Waals surface area contributed by atoms with E-state index in [1.807, 2.05) is 0 Å². The van der Waals surface area contributed by atoms with Crippen LogP contribution in [-0.4, -0.2) is 42.4 Å². The Labute approximate surface area is 178 Å². The molecule has 1 amide bonds. The van der Waals surface area contributed by atoms with Crippen molar-refractivity contribution in [2.75, 3.05) is 25.3 Å². The molecule has 0 aliphatic rings. The highest BCUT2D eigenvalue weighted by Gasteiger charge is 2.31. The lowest BCUT2D eigenvalue weighted by Crippen LogP contribution is -2.17. The summed E-state index contributed by atoms with van der Waals surface area (Å²) >= 11 is 1.01. The smallest absolute Gasteiger partial charge is 0.493 e. The number of ether oxygens (including phenoxy) is 3. The van der Waals surface area contributed by atoms with Gasteiger partial charge < -0.3 is 23.9 Å². The lowest BCUT2D eigenvalue weighted by molar-refractivity contribution is -0.274. The number of thioether (sulfide) groups is 1. The molecule has 0 saturated heterocycles. The summed E-state index contributed by atoms with van der Waals surface area (Å²) in [5.41, 5.74) is 0.930. The summed E-state index contributed by atoms with van der Waals surface area (Å²) in [5, 5.41) is 10.6. The minimum atomic E-state index is -4.78. The van der Waals surface area contributed by atoms with Crippen LogP contribution in [0, 0.1) is 0 Å². The van der Waals surface area contributed by atoms with Gasteiger partial charge in [-0.1, -0.05) is 11.8 Å². The van der Waals surface area contributed by atoms with Gasteiger partial charge in [0, 0.05) is 11.3 Å². The van der Waals surface area contributed by atoms with Crippen molar-refractivity contribution in [3.63, 3.8) is 0 Å². The third-order valence-electron chi connectivity index (χ3n) is 3.74. The molecule has 0 aliphatic heterocycles. The number of nitrogens with zero attached hydrogens (tertiary/aromatic N) is 2. The van der Waals surface area contributed by atoms with Gasteiger partial charge >= 0.3 is 6.36 Å². The Hall–Kier alpha value is -3.41. The molecular formula is C19H16F3N3O5S. The van der Waals surface area contributed by atoms with Crippen LogP contribution in [0.5, 0.6) is 17.2 Å². The zero-order valence-corrected chi connectivity index (χ0v) is 17.0. The van der Waals surface area contributed by atoms with Gasteiger partial charge in [-0.25, -0.2) is 0 Å². The van der Waals surface area contributed by atoms with Crippen molar-refractivity contribution in [1.29, 1.82) is 0 Å². The van der Waals surface area contributed by atoms with Gasteiger partial charge in [0.1, 0.15) is 5.75 Å². The van der Waals surface area contributed by atoms with Gasteiger partial charge in [-0.05, 0) is 42.5 Å². The molecule has 0 spiro atoms. The molecule has 0 aliphatic carbocycles. The Morgan fingerprint density at radius 2 is 1.77 bits per heavy atom. The maximum absolute atomic E-state index is 12.2. The molecule has 0 fully saturated rings. The fourth-order valence-electron chi connectivity index (χ4n) is 2.42. The molecule has 8 nitrogen and oxygen atoms in total. The first-order chi connectivity index (χ1) is 14.8. The second-order valence-corrected chi connectivity index (χ2v) is 6.78. The van der Waals surface area contributed by atoms with Crippen LogP contribution in [-0.2, 0) is 4.79 Å². The maximum Gasteiger partial charge on any atom is 0.573 e. The van der Waals surface area contributed by atoms with E-state index in [0.29, 0.717) is 22.7 Å². The van der Waals surface area contributed by atoms with Crippen LogP contribution in [0.2, 0.25) is 0 Å². The van der Waals surface area contributed by atoms with Crippen LogP contribution >= 0.6 is 11.8 Å². The average Bonchev–Trinajstić information content (AvgIpc) is 3.21. The molecule has 0 saturated carbocycles. The van der Waals surface area contributed by atoms with Crippen LogP contribution < -0.4 is 19.5 Å². The maximum atomic E-state index is 12.2. The Morgan fingerprint density at radius 1 is 1.06 bits per heavy atom. The fraction of sp³-hybridized carbons (Fsp3) is 0.211. The summed E-state index contributed by atoms with van der Waals surface area (Å²) in [6, 6.07) is 9.90. The van der Waals surface area contributed by atoms with Gasteiger partial charge in [0.25, 0.3) is 5.22 Å². The van der Waals surface area contributed by atoms with E-state index in [4.69, 9.17) is 13.9 Å². The van der Waals surface area contributed by atoms with E-state index in [2.05, 4.69) is 20.3 Å². The van der Waals surface area contributed by atoms with E-state index in [0.717, 1.165) is 23.9 Å². The van der Waals surface area contributed by atoms with Gasteiger partial charge in [-0.15, -0.1) is 23.4 Å². The molecular weight excluding hydrogens is 439 g/mol. The normalized spacial score (nSPS) is 11.1. The minimum absolute atomic E-state index is 0.0473.